The van der Waals surface area contributed by atoms with E-state index in [0.717, 1.165) is 25.9 Å². The van der Waals surface area contributed by atoms with Crippen molar-refractivity contribution in [3.63, 3.8) is 0 Å². The Hall–Kier alpha value is -2.30. The van der Waals surface area contributed by atoms with Gasteiger partial charge in [-0.3, -0.25) is 4.79 Å². The first kappa shape index (κ1) is 17.5. The van der Waals surface area contributed by atoms with Gasteiger partial charge in [-0.15, -0.1) is 5.10 Å². The summed E-state index contributed by atoms with van der Waals surface area (Å²) in [6.07, 6.45) is 3.50. The summed E-state index contributed by atoms with van der Waals surface area (Å²) in [6.45, 7) is 1.83. The van der Waals surface area contributed by atoms with E-state index in [9.17, 15) is 13.2 Å². The van der Waals surface area contributed by atoms with Gasteiger partial charge in [0, 0.05) is 5.69 Å². The maximum atomic E-state index is 12.3. The van der Waals surface area contributed by atoms with E-state index in [1.54, 1.807) is 23.0 Å². The van der Waals surface area contributed by atoms with Crippen molar-refractivity contribution >= 4 is 21.6 Å². The minimum absolute atomic E-state index is 0.0751. The van der Waals surface area contributed by atoms with Crippen LogP contribution in [0.2, 0.25) is 0 Å². The van der Waals surface area contributed by atoms with Crippen molar-refractivity contribution in [2.24, 2.45) is 0 Å². The third-order valence-corrected chi connectivity index (χ3v) is 5.51. The van der Waals surface area contributed by atoms with Gasteiger partial charge in [-0.1, -0.05) is 11.3 Å². The number of rotatable bonds is 5. The first-order valence-electron chi connectivity index (χ1n) is 7.97. The zero-order valence-corrected chi connectivity index (χ0v) is 14.6. The number of sulfonamides is 1. The Labute approximate surface area is 145 Å². The number of piperidine rings is 1. The number of hydrogen-bond acceptors (Lipinski definition) is 6. The monoisotopic (exact) mass is 364 g/mol. The number of benzene rings is 1. The first-order chi connectivity index (χ1) is 12.0. The normalized spacial score (nSPS) is 15.9. The van der Waals surface area contributed by atoms with Crippen LogP contribution in [0.15, 0.2) is 35.4 Å². The third-order valence-electron chi connectivity index (χ3n) is 4.10. The molecule has 1 aromatic heterocycles. The first-order valence-corrected chi connectivity index (χ1v) is 9.45. The summed E-state index contributed by atoms with van der Waals surface area (Å²) < 4.78 is 27.6. The number of amides is 1. The number of nitrogens with one attached hydrogen (secondary N) is 3. The topological polar surface area (TPSA) is 118 Å². The van der Waals surface area contributed by atoms with Gasteiger partial charge in [-0.25, -0.2) is 17.8 Å². The molecule has 2 heterocycles. The summed E-state index contributed by atoms with van der Waals surface area (Å²) >= 11 is 0. The molecule has 0 unspecified atom stereocenters. The minimum Gasteiger partial charge on any atom is -0.321 e. The second-order valence-corrected chi connectivity index (χ2v) is 7.64. The molecule has 1 aliphatic heterocycles. The number of nitrogens with zero attached hydrogens (tertiary/aromatic N) is 3. The molecule has 3 N–H and O–H groups in total. The van der Waals surface area contributed by atoms with E-state index < -0.39 is 15.9 Å². The summed E-state index contributed by atoms with van der Waals surface area (Å²) in [5.41, 5.74) is 0.568. The molecule has 2 aromatic rings. The molecule has 1 aliphatic rings. The van der Waals surface area contributed by atoms with E-state index in [0.29, 0.717) is 5.69 Å². The minimum atomic E-state index is -3.57. The van der Waals surface area contributed by atoms with Gasteiger partial charge in [-0.2, -0.15) is 0 Å². The molecule has 0 saturated carbocycles. The van der Waals surface area contributed by atoms with Gasteiger partial charge in [0.2, 0.25) is 10.0 Å². The van der Waals surface area contributed by atoms with E-state index in [1.807, 2.05) is 0 Å². The molecule has 1 aromatic carbocycles. The van der Waals surface area contributed by atoms with Crippen molar-refractivity contribution < 1.29 is 13.2 Å². The van der Waals surface area contributed by atoms with Gasteiger partial charge in [0.05, 0.1) is 17.1 Å². The molecular formula is C15H20N6O3S. The summed E-state index contributed by atoms with van der Waals surface area (Å²) in [7, 11) is -2.24. The Morgan fingerprint density at radius 3 is 2.80 bits per heavy atom. The fraction of sp³-hybridized carbons (Fsp3) is 0.400. The van der Waals surface area contributed by atoms with Gasteiger partial charge in [0.15, 0.2) is 5.69 Å². The Bertz CT molecular complexity index is 858. The van der Waals surface area contributed by atoms with Crippen LogP contribution in [0.4, 0.5) is 5.69 Å². The SMILES string of the molecule is CNS(=O)(=O)c1cccc(NC(=O)c2cn(C3CCNCC3)nn2)c1. The van der Waals surface area contributed by atoms with Gasteiger partial charge < -0.3 is 10.6 Å². The molecular weight excluding hydrogens is 344 g/mol. The van der Waals surface area contributed by atoms with Crippen LogP contribution in [-0.2, 0) is 10.0 Å². The highest BCUT2D eigenvalue weighted by atomic mass is 32.2. The second kappa shape index (κ2) is 7.30. The molecule has 0 spiro atoms. The summed E-state index contributed by atoms with van der Waals surface area (Å²) in [5.74, 6) is -0.431. The van der Waals surface area contributed by atoms with E-state index in [-0.39, 0.29) is 16.6 Å². The number of hydrogen-bond donors (Lipinski definition) is 3. The van der Waals surface area contributed by atoms with Crippen molar-refractivity contribution in [2.75, 3.05) is 25.5 Å². The van der Waals surface area contributed by atoms with Crippen LogP contribution in [-0.4, -0.2) is 49.5 Å². The number of aromatic nitrogens is 3. The fourth-order valence-electron chi connectivity index (χ4n) is 2.68. The highest BCUT2D eigenvalue weighted by molar-refractivity contribution is 7.89. The van der Waals surface area contributed by atoms with E-state index in [2.05, 4.69) is 25.7 Å². The smallest absolute Gasteiger partial charge is 0.277 e. The lowest BCUT2D eigenvalue weighted by molar-refractivity contribution is 0.102. The van der Waals surface area contributed by atoms with Crippen LogP contribution >= 0.6 is 0 Å². The van der Waals surface area contributed by atoms with E-state index in [1.165, 1.54) is 19.2 Å². The standard InChI is InChI=1S/C15H20N6O3S/c1-16-25(23,24)13-4-2-3-11(9-13)18-15(22)14-10-21(20-19-14)12-5-7-17-8-6-12/h2-4,9-10,12,16-17H,5-8H2,1H3,(H,18,22). The van der Waals surface area contributed by atoms with E-state index in [4.69, 9.17) is 0 Å². The number of anilines is 1. The highest BCUT2D eigenvalue weighted by Crippen LogP contribution is 2.18. The van der Waals surface area contributed by atoms with Crippen LogP contribution in [0.1, 0.15) is 29.4 Å². The molecule has 0 aliphatic carbocycles. The van der Waals surface area contributed by atoms with Gasteiger partial charge in [0.25, 0.3) is 5.91 Å². The zero-order valence-electron chi connectivity index (χ0n) is 13.8. The van der Waals surface area contributed by atoms with Crippen molar-refractivity contribution in [1.82, 2.24) is 25.0 Å². The predicted molar refractivity (Wildman–Crippen MR) is 91.8 cm³/mol. The van der Waals surface area contributed by atoms with Gasteiger partial charge in [-0.05, 0) is 51.2 Å². The lowest BCUT2D eigenvalue weighted by Crippen LogP contribution is -2.29. The molecule has 1 amide bonds. The lowest BCUT2D eigenvalue weighted by Gasteiger charge is -2.22. The average molecular weight is 364 g/mol. The predicted octanol–water partition coefficient (Wildman–Crippen LogP) is 0.363. The Morgan fingerprint density at radius 2 is 2.08 bits per heavy atom. The molecule has 0 bridgehead atoms. The molecule has 0 radical (unpaired) electrons. The van der Waals surface area contributed by atoms with Crippen LogP contribution in [0.25, 0.3) is 0 Å². The van der Waals surface area contributed by atoms with Crippen LogP contribution in [0, 0.1) is 0 Å². The van der Waals surface area contributed by atoms with Crippen molar-refractivity contribution in [3.05, 3.63) is 36.2 Å². The maximum Gasteiger partial charge on any atom is 0.277 e. The van der Waals surface area contributed by atoms with Crippen molar-refractivity contribution in [1.29, 1.82) is 0 Å². The van der Waals surface area contributed by atoms with Crippen molar-refractivity contribution in [2.45, 2.75) is 23.8 Å². The van der Waals surface area contributed by atoms with E-state index >= 15 is 0 Å². The second-order valence-electron chi connectivity index (χ2n) is 5.75. The van der Waals surface area contributed by atoms with Crippen LogP contribution < -0.4 is 15.4 Å². The average Bonchev–Trinajstić information content (AvgIpc) is 3.13. The lowest BCUT2D eigenvalue weighted by atomic mass is 10.1. The summed E-state index contributed by atoms with van der Waals surface area (Å²) in [5, 5.41) is 13.9. The Kier molecular flexibility index (Phi) is 5.11. The quantitative estimate of drug-likeness (QED) is 0.705. The fourth-order valence-corrected chi connectivity index (χ4v) is 3.46. The Balaban J connectivity index is 1.72. The van der Waals surface area contributed by atoms with Crippen LogP contribution in [0.5, 0.6) is 0 Å². The van der Waals surface area contributed by atoms with Crippen LogP contribution in [0.3, 0.4) is 0 Å². The largest absolute Gasteiger partial charge is 0.321 e. The molecule has 3 rings (SSSR count). The molecule has 1 saturated heterocycles. The number of carbonyl (C=O) groups is 1. The van der Waals surface area contributed by atoms with Gasteiger partial charge in [0.1, 0.15) is 0 Å². The zero-order chi connectivity index (χ0) is 17.9. The molecule has 0 atom stereocenters. The third kappa shape index (κ3) is 4.03. The highest BCUT2D eigenvalue weighted by Gasteiger charge is 2.19. The molecule has 1 fully saturated rings. The van der Waals surface area contributed by atoms with Gasteiger partial charge >= 0.3 is 0 Å². The maximum absolute atomic E-state index is 12.3. The molecule has 9 nitrogen and oxygen atoms in total. The summed E-state index contributed by atoms with van der Waals surface area (Å²) in [6, 6.07) is 6.25. The molecule has 134 valence electrons. The Morgan fingerprint density at radius 1 is 1.32 bits per heavy atom. The molecule has 25 heavy (non-hydrogen) atoms. The van der Waals surface area contributed by atoms with Crippen molar-refractivity contribution in [3.8, 4) is 0 Å². The summed E-state index contributed by atoms with van der Waals surface area (Å²) in [4.78, 5) is 12.4. The molecule has 10 heteroatoms. The number of carbonyl (C=O) groups excluding carboxylic acids is 1.